The minimum Gasteiger partial charge on any atom is -0.478 e. The van der Waals surface area contributed by atoms with Gasteiger partial charge in [-0.1, -0.05) is 26.0 Å². The molecule has 0 saturated carbocycles. The van der Waals surface area contributed by atoms with Crippen LogP contribution in [0, 0.1) is 5.92 Å². The fraction of sp³-hybridized carbons (Fsp3) is 0.250. The summed E-state index contributed by atoms with van der Waals surface area (Å²) in [7, 11) is 0. The molecule has 6 nitrogen and oxygen atoms in total. The first kappa shape index (κ1) is 19.2. The summed E-state index contributed by atoms with van der Waals surface area (Å²) < 4.78 is 0. The van der Waals surface area contributed by atoms with Gasteiger partial charge in [-0.15, -0.1) is 0 Å². The van der Waals surface area contributed by atoms with Crippen LogP contribution in [0.15, 0.2) is 48.5 Å². The van der Waals surface area contributed by atoms with Gasteiger partial charge in [0.25, 0.3) is 5.91 Å². The third kappa shape index (κ3) is 4.92. The summed E-state index contributed by atoms with van der Waals surface area (Å²) in [4.78, 5) is 35.6. The van der Waals surface area contributed by atoms with E-state index in [0.29, 0.717) is 16.9 Å². The monoisotopic (exact) mass is 354 g/mol. The minimum atomic E-state index is -1.06. The van der Waals surface area contributed by atoms with Crippen LogP contribution in [-0.2, 0) is 4.79 Å². The van der Waals surface area contributed by atoms with E-state index in [9.17, 15) is 14.4 Å². The lowest BCUT2D eigenvalue weighted by atomic mass is 10.0. The second-order valence-corrected chi connectivity index (χ2v) is 5.92. The molecule has 0 aromatic heterocycles. The number of hydrogen-bond donors (Lipinski definition) is 3. The summed E-state index contributed by atoms with van der Waals surface area (Å²) in [5.41, 5.74) is 1.40. The van der Waals surface area contributed by atoms with Crippen LogP contribution in [0.5, 0.6) is 0 Å². The van der Waals surface area contributed by atoms with Gasteiger partial charge in [0.2, 0.25) is 5.91 Å². The van der Waals surface area contributed by atoms with Gasteiger partial charge in [-0.05, 0) is 49.2 Å². The number of carboxylic acids is 1. The van der Waals surface area contributed by atoms with Crippen molar-refractivity contribution in [1.82, 2.24) is 0 Å². The summed E-state index contributed by atoms with van der Waals surface area (Å²) >= 11 is 0. The largest absolute Gasteiger partial charge is 0.478 e. The number of carboxylic acid groups (broad SMARTS) is 1. The second kappa shape index (κ2) is 8.80. The zero-order valence-corrected chi connectivity index (χ0v) is 14.8. The number of rotatable bonds is 7. The lowest BCUT2D eigenvalue weighted by Gasteiger charge is -2.13. The molecule has 6 heteroatoms. The lowest BCUT2D eigenvalue weighted by molar-refractivity contribution is -0.120. The van der Waals surface area contributed by atoms with Gasteiger partial charge in [0.05, 0.1) is 5.56 Å². The molecule has 2 aromatic carbocycles. The van der Waals surface area contributed by atoms with Crippen LogP contribution in [0.4, 0.5) is 11.4 Å². The highest BCUT2D eigenvalue weighted by atomic mass is 16.4. The Labute approximate surface area is 152 Å². The number of anilines is 2. The van der Waals surface area contributed by atoms with Gasteiger partial charge < -0.3 is 15.7 Å². The standard InChI is InChI=1S/C20H22N2O4/c1-3-13(4-2)18(23)21-16-9-5-7-14(11-16)19(24)22-17-10-6-8-15(12-17)20(25)26/h5-13H,3-4H2,1-2H3,(H,21,23)(H,22,24)(H,25,26). The molecule has 2 amide bonds. The molecule has 0 saturated heterocycles. The lowest BCUT2D eigenvalue weighted by Crippen LogP contribution is -2.22. The first-order valence-electron chi connectivity index (χ1n) is 8.50. The second-order valence-electron chi connectivity index (χ2n) is 5.92. The van der Waals surface area contributed by atoms with Crippen molar-refractivity contribution in [2.75, 3.05) is 10.6 Å². The molecule has 0 heterocycles. The van der Waals surface area contributed by atoms with E-state index in [1.807, 2.05) is 13.8 Å². The molecule has 2 rings (SSSR count). The molecule has 0 aliphatic rings. The summed E-state index contributed by atoms with van der Waals surface area (Å²) in [5, 5.41) is 14.5. The fourth-order valence-electron chi connectivity index (χ4n) is 2.58. The quantitative estimate of drug-likeness (QED) is 0.700. The van der Waals surface area contributed by atoms with Gasteiger partial charge in [-0.3, -0.25) is 9.59 Å². The van der Waals surface area contributed by atoms with E-state index in [1.54, 1.807) is 36.4 Å². The molecule has 3 N–H and O–H groups in total. The van der Waals surface area contributed by atoms with E-state index in [2.05, 4.69) is 10.6 Å². The van der Waals surface area contributed by atoms with Gasteiger partial charge >= 0.3 is 5.97 Å². The van der Waals surface area contributed by atoms with Crippen LogP contribution in [0.25, 0.3) is 0 Å². The zero-order chi connectivity index (χ0) is 19.1. The molecule has 2 aromatic rings. The Hall–Kier alpha value is -3.15. The summed E-state index contributed by atoms with van der Waals surface area (Å²) in [5.74, 6) is -1.58. The molecule has 0 bridgehead atoms. The molecular weight excluding hydrogens is 332 g/mol. The molecule has 0 fully saturated rings. The number of aromatic carboxylic acids is 1. The van der Waals surface area contributed by atoms with E-state index >= 15 is 0 Å². The van der Waals surface area contributed by atoms with Crippen molar-refractivity contribution in [3.63, 3.8) is 0 Å². The van der Waals surface area contributed by atoms with Crippen molar-refractivity contribution >= 4 is 29.2 Å². The normalized spacial score (nSPS) is 10.4. The average Bonchev–Trinajstić information content (AvgIpc) is 2.63. The highest BCUT2D eigenvalue weighted by Gasteiger charge is 2.15. The Kier molecular flexibility index (Phi) is 6.49. The highest BCUT2D eigenvalue weighted by molar-refractivity contribution is 6.06. The summed E-state index contributed by atoms with van der Waals surface area (Å²) in [6.07, 6.45) is 1.50. The third-order valence-electron chi connectivity index (χ3n) is 4.12. The van der Waals surface area contributed by atoms with E-state index < -0.39 is 5.97 Å². The maximum Gasteiger partial charge on any atom is 0.335 e. The van der Waals surface area contributed by atoms with Crippen LogP contribution in [-0.4, -0.2) is 22.9 Å². The molecule has 26 heavy (non-hydrogen) atoms. The Morgan fingerprint density at radius 3 is 2.00 bits per heavy atom. The van der Waals surface area contributed by atoms with Crippen molar-refractivity contribution in [2.24, 2.45) is 5.92 Å². The fourth-order valence-corrected chi connectivity index (χ4v) is 2.58. The number of carbonyl (C=O) groups is 3. The van der Waals surface area contributed by atoms with Crippen molar-refractivity contribution < 1.29 is 19.5 Å². The van der Waals surface area contributed by atoms with Gasteiger partial charge in [0.15, 0.2) is 0 Å². The molecule has 136 valence electrons. The Morgan fingerprint density at radius 2 is 1.42 bits per heavy atom. The van der Waals surface area contributed by atoms with Crippen molar-refractivity contribution in [3.8, 4) is 0 Å². The molecular formula is C20H22N2O4. The SMILES string of the molecule is CCC(CC)C(=O)Nc1cccc(C(=O)Nc2cccc(C(=O)O)c2)c1. The van der Waals surface area contributed by atoms with Gasteiger partial charge in [0, 0.05) is 22.9 Å². The molecule has 0 spiro atoms. The third-order valence-corrected chi connectivity index (χ3v) is 4.12. The maximum absolute atomic E-state index is 12.4. The van der Waals surface area contributed by atoms with Crippen LogP contribution in [0.3, 0.4) is 0 Å². The number of amides is 2. The van der Waals surface area contributed by atoms with Gasteiger partial charge in [-0.25, -0.2) is 4.79 Å². The van der Waals surface area contributed by atoms with E-state index in [0.717, 1.165) is 12.8 Å². The molecule has 0 aliphatic carbocycles. The maximum atomic E-state index is 12.4. The van der Waals surface area contributed by atoms with Crippen molar-refractivity contribution in [3.05, 3.63) is 59.7 Å². The number of carbonyl (C=O) groups excluding carboxylic acids is 2. The first-order valence-corrected chi connectivity index (χ1v) is 8.50. The van der Waals surface area contributed by atoms with E-state index in [4.69, 9.17) is 5.11 Å². The van der Waals surface area contributed by atoms with Gasteiger partial charge in [0.1, 0.15) is 0 Å². The Balaban J connectivity index is 2.11. The topological polar surface area (TPSA) is 95.5 Å². The summed E-state index contributed by atoms with van der Waals surface area (Å²) in [6.45, 7) is 3.92. The molecule has 0 atom stereocenters. The van der Waals surface area contributed by atoms with Crippen LogP contribution < -0.4 is 10.6 Å². The van der Waals surface area contributed by atoms with E-state index in [-0.39, 0.29) is 23.3 Å². The molecule has 0 aliphatic heterocycles. The highest BCUT2D eigenvalue weighted by Crippen LogP contribution is 2.17. The number of nitrogens with one attached hydrogen (secondary N) is 2. The average molecular weight is 354 g/mol. The Bertz CT molecular complexity index is 813. The van der Waals surface area contributed by atoms with Gasteiger partial charge in [-0.2, -0.15) is 0 Å². The van der Waals surface area contributed by atoms with Crippen molar-refractivity contribution in [1.29, 1.82) is 0 Å². The predicted molar refractivity (Wildman–Crippen MR) is 100 cm³/mol. The van der Waals surface area contributed by atoms with Crippen LogP contribution in [0.2, 0.25) is 0 Å². The molecule has 0 unspecified atom stereocenters. The smallest absolute Gasteiger partial charge is 0.335 e. The Morgan fingerprint density at radius 1 is 0.885 bits per heavy atom. The minimum absolute atomic E-state index is 0.0637. The number of benzene rings is 2. The van der Waals surface area contributed by atoms with Crippen LogP contribution in [0.1, 0.15) is 47.4 Å². The molecule has 0 radical (unpaired) electrons. The predicted octanol–water partition coefficient (Wildman–Crippen LogP) is 4.01. The van der Waals surface area contributed by atoms with Crippen molar-refractivity contribution in [2.45, 2.75) is 26.7 Å². The van der Waals surface area contributed by atoms with Crippen LogP contribution >= 0.6 is 0 Å². The number of hydrogen-bond acceptors (Lipinski definition) is 3. The first-order chi connectivity index (χ1) is 12.4. The van der Waals surface area contributed by atoms with E-state index in [1.165, 1.54) is 12.1 Å². The summed E-state index contributed by atoms with van der Waals surface area (Å²) in [6, 6.07) is 12.6. The zero-order valence-electron chi connectivity index (χ0n) is 14.8.